The lowest BCUT2D eigenvalue weighted by Crippen LogP contribution is -2.50. The molecule has 21 heavy (non-hydrogen) atoms. The molecule has 2 aromatic rings. The molecule has 112 valence electrons. The number of nitrogens with two attached hydrogens (primary N) is 1. The zero-order valence-electron chi connectivity index (χ0n) is 11.8. The molecule has 2 heterocycles. The van der Waals surface area contributed by atoms with E-state index in [-0.39, 0.29) is 6.04 Å². The lowest BCUT2D eigenvalue weighted by atomic mass is 10.1. The van der Waals surface area contributed by atoms with Gasteiger partial charge in [0.15, 0.2) is 0 Å². The Morgan fingerprint density at radius 2 is 2.05 bits per heavy atom. The maximum Gasteiger partial charge on any atom is 0.211 e. The average molecular weight is 308 g/mol. The summed E-state index contributed by atoms with van der Waals surface area (Å²) in [5.41, 5.74) is 8.34. The van der Waals surface area contributed by atoms with Gasteiger partial charge in [-0.05, 0) is 23.8 Å². The van der Waals surface area contributed by atoms with Gasteiger partial charge in [0.1, 0.15) is 6.04 Å². The first-order valence-electron chi connectivity index (χ1n) is 6.46. The Morgan fingerprint density at radius 3 is 2.67 bits per heavy atom. The number of sulfonamides is 1. The normalized spacial score (nSPS) is 16.9. The minimum absolute atomic E-state index is 0.0660. The molecule has 0 bridgehead atoms. The largest absolute Gasteiger partial charge is 0.398 e. The van der Waals surface area contributed by atoms with E-state index in [4.69, 9.17) is 5.73 Å². The summed E-state index contributed by atoms with van der Waals surface area (Å²) in [6.07, 6.45) is 1.19. The van der Waals surface area contributed by atoms with Crippen LogP contribution in [0.1, 0.15) is 11.6 Å². The number of tetrazole rings is 1. The topological polar surface area (TPSA) is 107 Å². The van der Waals surface area contributed by atoms with Gasteiger partial charge in [0.25, 0.3) is 0 Å². The Kier molecular flexibility index (Phi) is 3.18. The summed E-state index contributed by atoms with van der Waals surface area (Å²) >= 11 is 0. The van der Waals surface area contributed by atoms with E-state index >= 15 is 0 Å². The number of aryl methyl sites for hydroxylation is 1. The van der Waals surface area contributed by atoms with Gasteiger partial charge in [-0.1, -0.05) is 12.1 Å². The molecule has 0 unspecified atom stereocenters. The second-order valence-corrected chi connectivity index (χ2v) is 7.22. The van der Waals surface area contributed by atoms with E-state index in [1.165, 1.54) is 15.4 Å². The predicted molar refractivity (Wildman–Crippen MR) is 77.9 cm³/mol. The van der Waals surface area contributed by atoms with E-state index < -0.39 is 10.0 Å². The molecule has 1 aliphatic heterocycles. The van der Waals surface area contributed by atoms with Gasteiger partial charge in [-0.3, -0.25) is 0 Å². The number of anilines is 1. The second-order valence-electron chi connectivity index (χ2n) is 5.24. The summed E-state index contributed by atoms with van der Waals surface area (Å²) in [7, 11) is -3.14. The van der Waals surface area contributed by atoms with E-state index in [2.05, 4.69) is 15.4 Å². The van der Waals surface area contributed by atoms with Gasteiger partial charge < -0.3 is 5.73 Å². The fourth-order valence-electron chi connectivity index (χ4n) is 2.11. The highest BCUT2D eigenvalue weighted by Gasteiger charge is 2.36. The molecule has 0 spiro atoms. The highest BCUT2D eigenvalue weighted by Crippen LogP contribution is 2.24. The molecule has 1 aromatic carbocycles. The molecule has 1 saturated heterocycles. The van der Waals surface area contributed by atoms with Gasteiger partial charge >= 0.3 is 0 Å². The Labute approximate surface area is 122 Å². The van der Waals surface area contributed by atoms with Crippen molar-refractivity contribution in [3.63, 3.8) is 0 Å². The van der Waals surface area contributed by atoms with Crippen molar-refractivity contribution in [2.24, 2.45) is 0 Å². The van der Waals surface area contributed by atoms with Crippen molar-refractivity contribution in [3.05, 3.63) is 23.8 Å². The summed E-state index contributed by atoms with van der Waals surface area (Å²) in [5, 5.41) is 12.3. The molecule has 2 N–H and O–H groups in total. The highest BCUT2D eigenvalue weighted by atomic mass is 32.2. The van der Waals surface area contributed by atoms with Crippen molar-refractivity contribution >= 4 is 15.7 Å². The Bertz CT molecular complexity index is 779. The molecule has 0 atom stereocenters. The number of hydrogen-bond acceptors (Lipinski definition) is 6. The Hall–Kier alpha value is -2.00. The number of hydrogen-bond donors (Lipinski definition) is 1. The average Bonchev–Trinajstić information content (AvgIpc) is 2.78. The maximum absolute atomic E-state index is 11.3. The molecule has 1 fully saturated rings. The van der Waals surface area contributed by atoms with Crippen LogP contribution in [0.15, 0.2) is 18.2 Å². The van der Waals surface area contributed by atoms with Crippen LogP contribution in [0.5, 0.6) is 0 Å². The monoisotopic (exact) mass is 308 g/mol. The van der Waals surface area contributed by atoms with E-state index in [0.29, 0.717) is 24.6 Å². The van der Waals surface area contributed by atoms with Crippen molar-refractivity contribution in [2.75, 3.05) is 25.1 Å². The second kappa shape index (κ2) is 4.78. The molecular weight excluding hydrogens is 292 g/mol. The van der Waals surface area contributed by atoms with Gasteiger partial charge in [-0.25, -0.2) is 8.42 Å². The SMILES string of the molecule is Cc1ccc(-c2nnn(C3CN(S(C)(=O)=O)C3)n2)cc1N. The van der Waals surface area contributed by atoms with E-state index in [1.54, 1.807) is 6.07 Å². The van der Waals surface area contributed by atoms with Crippen LogP contribution < -0.4 is 5.73 Å². The number of nitrogen functional groups attached to an aromatic ring is 1. The van der Waals surface area contributed by atoms with Crippen molar-refractivity contribution in [3.8, 4) is 11.4 Å². The first-order valence-corrected chi connectivity index (χ1v) is 8.30. The lowest BCUT2D eigenvalue weighted by molar-refractivity contribution is 0.174. The van der Waals surface area contributed by atoms with Crippen LogP contribution in [0.25, 0.3) is 11.4 Å². The first-order chi connectivity index (χ1) is 9.84. The van der Waals surface area contributed by atoms with Crippen LogP contribution in [0.4, 0.5) is 5.69 Å². The zero-order chi connectivity index (χ0) is 15.2. The van der Waals surface area contributed by atoms with Crippen molar-refractivity contribution in [1.29, 1.82) is 0 Å². The highest BCUT2D eigenvalue weighted by molar-refractivity contribution is 7.88. The predicted octanol–water partition coefficient (Wildman–Crippen LogP) is 0.0470. The number of rotatable bonds is 3. The molecule has 8 nitrogen and oxygen atoms in total. The van der Waals surface area contributed by atoms with Crippen LogP contribution in [-0.4, -0.2) is 52.3 Å². The Morgan fingerprint density at radius 1 is 1.33 bits per heavy atom. The molecule has 0 saturated carbocycles. The fraction of sp³-hybridized carbons (Fsp3) is 0.417. The summed E-state index contributed by atoms with van der Waals surface area (Å²) in [6.45, 7) is 2.69. The van der Waals surface area contributed by atoms with E-state index in [1.807, 2.05) is 19.1 Å². The number of aromatic nitrogens is 4. The quantitative estimate of drug-likeness (QED) is 0.803. The fourth-order valence-corrected chi connectivity index (χ4v) is 2.99. The molecule has 1 aromatic heterocycles. The van der Waals surface area contributed by atoms with Gasteiger partial charge in [-0.15, -0.1) is 10.2 Å². The minimum atomic E-state index is -3.14. The van der Waals surface area contributed by atoms with Crippen molar-refractivity contribution in [2.45, 2.75) is 13.0 Å². The maximum atomic E-state index is 11.3. The summed E-state index contributed by atoms with van der Waals surface area (Å²) in [6, 6.07) is 5.53. The van der Waals surface area contributed by atoms with Crippen molar-refractivity contribution < 1.29 is 8.42 Å². The minimum Gasteiger partial charge on any atom is -0.398 e. The zero-order valence-corrected chi connectivity index (χ0v) is 12.6. The molecular formula is C12H16N6O2S. The molecule has 3 rings (SSSR count). The molecule has 1 aliphatic rings. The van der Waals surface area contributed by atoms with Crippen LogP contribution in [-0.2, 0) is 10.0 Å². The first kappa shape index (κ1) is 14.0. The standard InChI is InChI=1S/C12H16N6O2S/c1-8-3-4-9(5-11(8)13)12-14-16-18(15-12)10-6-17(7-10)21(2,19)20/h3-5,10H,6-7,13H2,1-2H3. The summed E-state index contributed by atoms with van der Waals surface area (Å²) in [5.74, 6) is 0.486. The summed E-state index contributed by atoms with van der Waals surface area (Å²) < 4.78 is 24.0. The number of nitrogens with zero attached hydrogens (tertiary/aromatic N) is 5. The Balaban J connectivity index is 1.77. The third-order valence-corrected chi connectivity index (χ3v) is 4.83. The van der Waals surface area contributed by atoms with Crippen molar-refractivity contribution in [1.82, 2.24) is 24.5 Å². The number of benzene rings is 1. The smallest absolute Gasteiger partial charge is 0.211 e. The van der Waals surface area contributed by atoms with Gasteiger partial charge in [0.2, 0.25) is 15.8 Å². The molecule has 0 radical (unpaired) electrons. The van der Waals surface area contributed by atoms with E-state index in [0.717, 1.165) is 11.1 Å². The molecule has 0 aliphatic carbocycles. The molecule has 9 heteroatoms. The van der Waals surface area contributed by atoms with Gasteiger partial charge in [0, 0.05) is 24.3 Å². The van der Waals surface area contributed by atoms with Gasteiger partial charge in [-0.2, -0.15) is 9.10 Å². The molecule has 0 amide bonds. The summed E-state index contributed by atoms with van der Waals surface area (Å²) in [4.78, 5) is 1.47. The van der Waals surface area contributed by atoms with Crippen LogP contribution in [0, 0.1) is 6.92 Å². The lowest BCUT2D eigenvalue weighted by Gasteiger charge is -2.35. The van der Waals surface area contributed by atoms with E-state index in [9.17, 15) is 8.42 Å². The third-order valence-electron chi connectivity index (χ3n) is 3.59. The third kappa shape index (κ3) is 2.61. The van der Waals surface area contributed by atoms with Crippen LogP contribution >= 0.6 is 0 Å². The van der Waals surface area contributed by atoms with Crippen LogP contribution in [0.3, 0.4) is 0 Å². The van der Waals surface area contributed by atoms with Crippen LogP contribution in [0.2, 0.25) is 0 Å². The van der Waals surface area contributed by atoms with Gasteiger partial charge in [0.05, 0.1) is 6.26 Å².